The van der Waals surface area contributed by atoms with Gasteiger partial charge in [0.15, 0.2) is 4.67 Å². The summed E-state index contributed by atoms with van der Waals surface area (Å²) in [4.78, 5) is 0. The van der Waals surface area contributed by atoms with Crippen LogP contribution in [0.1, 0.15) is 22.8 Å². The van der Waals surface area contributed by atoms with Crippen molar-refractivity contribution in [2.24, 2.45) is 0 Å². The van der Waals surface area contributed by atoms with Gasteiger partial charge in [-0.05, 0) is 40.0 Å². The van der Waals surface area contributed by atoms with Crippen molar-refractivity contribution >= 4 is 15.9 Å². The summed E-state index contributed by atoms with van der Waals surface area (Å²) in [6.07, 6.45) is 0.917. The molecule has 3 heteroatoms. The fraction of sp³-hybridized carbons (Fsp3) is 0.167. The number of benzene rings is 1. The van der Waals surface area contributed by atoms with Gasteiger partial charge in [-0.15, -0.1) is 0 Å². The Hall–Kier alpha value is -1.06. The second-order valence-electron chi connectivity index (χ2n) is 3.41. The topological polar surface area (TPSA) is 33.4 Å². The molecular formula is C12H11BrO2. The van der Waals surface area contributed by atoms with Gasteiger partial charge in [-0.3, -0.25) is 0 Å². The van der Waals surface area contributed by atoms with Crippen LogP contribution in [0.25, 0.3) is 0 Å². The number of hydrogen-bond donors (Lipinski definition) is 1. The molecule has 0 saturated carbocycles. The first-order valence-electron chi connectivity index (χ1n) is 4.66. The van der Waals surface area contributed by atoms with E-state index in [4.69, 9.17) is 4.42 Å². The maximum absolute atomic E-state index is 10.2. The molecule has 15 heavy (non-hydrogen) atoms. The smallest absolute Gasteiger partial charge is 0.175 e. The molecule has 1 aromatic heterocycles. The van der Waals surface area contributed by atoms with Crippen molar-refractivity contribution in [3.05, 3.63) is 58.0 Å². The molecule has 1 heterocycles. The molecule has 0 aliphatic carbocycles. The van der Waals surface area contributed by atoms with Crippen LogP contribution in [0, 0.1) is 6.92 Å². The molecular weight excluding hydrogens is 256 g/mol. The molecule has 1 atom stereocenters. The van der Waals surface area contributed by atoms with E-state index in [-0.39, 0.29) is 0 Å². The highest BCUT2D eigenvalue weighted by Gasteiger charge is 2.16. The maximum atomic E-state index is 10.2. The zero-order valence-corrected chi connectivity index (χ0v) is 9.86. The van der Waals surface area contributed by atoms with Crippen molar-refractivity contribution in [3.63, 3.8) is 0 Å². The summed E-state index contributed by atoms with van der Waals surface area (Å²) in [5.41, 5.74) is 2.72. The largest absolute Gasteiger partial charge is 0.457 e. The van der Waals surface area contributed by atoms with Gasteiger partial charge < -0.3 is 9.52 Å². The van der Waals surface area contributed by atoms with Crippen LogP contribution >= 0.6 is 15.9 Å². The van der Waals surface area contributed by atoms with Crippen LogP contribution in [0.2, 0.25) is 0 Å². The molecule has 2 aromatic rings. The van der Waals surface area contributed by atoms with Gasteiger partial charge >= 0.3 is 0 Å². The van der Waals surface area contributed by atoms with E-state index >= 15 is 0 Å². The van der Waals surface area contributed by atoms with Crippen LogP contribution in [-0.4, -0.2) is 5.11 Å². The van der Waals surface area contributed by atoms with E-state index < -0.39 is 6.10 Å². The van der Waals surface area contributed by atoms with Gasteiger partial charge in [0.05, 0.1) is 6.26 Å². The number of aryl methyl sites for hydroxylation is 1. The quantitative estimate of drug-likeness (QED) is 0.904. The second-order valence-corrected chi connectivity index (χ2v) is 4.13. The first-order chi connectivity index (χ1) is 7.20. The third-order valence-corrected chi connectivity index (χ3v) is 3.07. The summed E-state index contributed by atoms with van der Waals surface area (Å²) in [7, 11) is 0. The Morgan fingerprint density at radius 1 is 1.20 bits per heavy atom. The molecule has 1 unspecified atom stereocenters. The van der Waals surface area contributed by atoms with Gasteiger partial charge in [-0.25, -0.2) is 0 Å². The zero-order valence-electron chi connectivity index (χ0n) is 8.27. The van der Waals surface area contributed by atoms with Gasteiger partial charge in [-0.2, -0.15) is 0 Å². The fourth-order valence-corrected chi connectivity index (χ4v) is 2.02. The molecule has 78 valence electrons. The lowest BCUT2D eigenvalue weighted by Gasteiger charge is -2.12. The highest BCUT2D eigenvalue weighted by molar-refractivity contribution is 9.10. The van der Waals surface area contributed by atoms with E-state index in [1.807, 2.05) is 31.2 Å². The van der Waals surface area contributed by atoms with Gasteiger partial charge in [-0.1, -0.05) is 24.3 Å². The molecule has 2 nitrogen and oxygen atoms in total. The number of halogens is 1. The van der Waals surface area contributed by atoms with Crippen molar-refractivity contribution in [1.29, 1.82) is 0 Å². The summed E-state index contributed by atoms with van der Waals surface area (Å²) in [5, 5.41) is 10.2. The van der Waals surface area contributed by atoms with Gasteiger partial charge in [0.2, 0.25) is 0 Å². The monoisotopic (exact) mass is 266 g/mol. The number of furan rings is 1. The lowest BCUT2D eigenvalue weighted by atomic mass is 10.00. The first-order valence-corrected chi connectivity index (χ1v) is 5.46. The zero-order chi connectivity index (χ0) is 10.8. The van der Waals surface area contributed by atoms with Crippen LogP contribution in [0.4, 0.5) is 0 Å². The lowest BCUT2D eigenvalue weighted by Crippen LogP contribution is -2.00. The SMILES string of the molecule is Cc1ccccc1C(O)c1ccoc1Br. The van der Waals surface area contributed by atoms with Crippen LogP contribution in [0.15, 0.2) is 45.7 Å². The Kier molecular flexibility index (Phi) is 2.93. The predicted octanol–water partition coefficient (Wildman–Crippen LogP) is 3.43. The molecule has 0 aliphatic rings. The molecule has 0 aliphatic heterocycles. The lowest BCUT2D eigenvalue weighted by molar-refractivity contribution is 0.217. The highest BCUT2D eigenvalue weighted by atomic mass is 79.9. The highest BCUT2D eigenvalue weighted by Crippen LogP contribution is 2.30. The van der Waals surface area contributed by atoms with Gasteiger partial charge in [0.1, 0.15) is 6.10 Å². The van der Waals surface area contributed by atoms with Crippen LogP contribution in [0.5, 0.6) is 0 Å². The number of hydrogen-bond acceptors (Lipinski definition) is 2. The van der Waals surface area contributed by atoms with E-state index in [0.717, 1.165) is 16.7 Å². The van der Waals surface area contributed by atoms with Crippen LogP contribution in [0.3, 0.4) is 0 Å². The van der Waals surface area contributed by atoms with Crippen molar-refractivity contribution in [3.8, 4) is 0 Å². The third-order valence-electron chi connectivity index (χ3n) is 2.42. The van der Waals surface area contributed by atoms with Crippen molar-refractivity contribution in [2.45, 2.75) is 13.0 Å². The Morgan fingerprint density at radius 2 is 1.93 bits per heavy atom. The molecule has 1 aromatic carbocycles. The maximum Gasteiger partial charge on any atom is 0.175 e. The van der Waals surface area contributed by atoms with E-state index in [9.17, 15) is 5.11 Å². The fourth-order valence-electron chi connectivity index (χ4n) is 1.56. The van der Waals surface area contributed by atoms with E-state index in [1.54, 1.807) is 12.3 Å². The molecule has 0 fully saturated rings. The number of aliphatic hydroxyl groups excluding tert-OH is 1. The standard InChI is InChI=1S/C12H11BrO2/c1-8-4-2-3-5-9(8)11(14)10-6-7-15-12(10)13/h2-7,11,14H,1H3. The normalized spacial score (nSPS) is 12.7. The first kappa shape index (κ1) is 10.5. The summed E-state index contributed by atoms with van der Waals surface area (Å²) in [6, 6.07) is 9.53. The second kappa shape index (κ2) is 4.21. The average Bonchev–Trinajstić information content (AvgIpc) is 2.64. The van der Waals surface area contributed by atoms with E-state index in [1.165, 1.54) is 0 Å². The van der Waals surface area contributed by atoms with E-state index in [2.05, 4.69) is 15.9 Å². The minimum Gasteiger partial charge on any atom is -0.457 e. The van der Waals surface area contributed by atoms with Crippen molar-refractivity contribution < 1.29 is 9.52 Å². The minimum atomic E-state index is -0.640. The molecule has 0 saturated heterocycles. The molecule has 0 amide bonds. The minimum absolute atomic E-state index is 0.582. The predicted molar refractivity (Wildman–Crippen MR) is 61.6 cm³/mol. The van der Waals surface area contributed by atoms with Crippen molar-refractivity contribution in [1.82, 2.24) is 0 Å². The molecule has 0 spiro atoms. The Morgan fingerprint density at radius 3 is 2.53 bits per heavy atom. The molecule has 0 radical (unpaired) electrons. The van der Waals surface area contributed by atoms with Crippen LogP contribution in [-0.2, 0) is 0 Å². The summed E-state index contributed by atoms with van der Waals surface area (Å²) >= 11 is 3.26. The summed E-state index contributed by atoms with van der Waals surface area (Å²) in [6.45, 7) is 1.98. The van der Waals surface area contributed by atoms with Gasteiger partial charge in [0, 0.05) is 5.56 Å². The number of aliphatic hydroxyl groups is 1. The summed E-state index contributed by atoms with van der Waals surface area (Å²) < 4.78 is 5.69. The third kappa shape index (κ3) is 1.98. The Labute approximate surface area is 96.7 Å². The molecule has 1 N–H and O–H groups in total. The van der Waals surface area contributed by atoms with Crippen molar-refractivity contribution in [2.75, 3.05) is 0 Å². The van der Waals surface area contributed by atoms with Gasteiger partial charge in [0.25, 0.3) is 0 Å². The Balaban J connectivity index is 2.41. The average molecular weight is 267 g/mol. The Bertz CT molecular complexity index is 462. The molecule has 2 rings (SSSR count). The van der Waals surface area contributed by atoms with Crippen LogP contribution < -0.4 is 0 Å². The summed E-state index contributed by atoms with van der Waals surface area (Å²) in [5.74, 6) is 0. The number of rotatable bonds is 2. The van der Waals surface area contributed by atoms with E-state index in [0.29, 0.717) is 4.67 Å². The molecule has 0 bridgehead atoms.